The molecule has 0 radical (unpaired) electrons. The Morgan fingerprint density at radius 3 is 2.62 bits per heavy atom. The number of benzene rings is 1. The van der Waals surface area contributed by atoms with Crippen molar-refractivity contribution < 1.29 is 14.2 Å². The summed E-state index contributed by atoms with van der Waals surface area (Å²) < 4.78 is 15.4. The Balaban J connectivity index is 2.71. The Bertz CT molecular complexity index is 506. The number of ether oxygens (including phenoxy) is 3. The van der Waals surface area contributed by atoms with E-state index in [4.69, 9.17) is 26.4 Å². The molecule has 0 aliphatic rings. The lowest BCUT2D eigenvalue weighted by molar-refractivity contribution is 0.204. The third-order valence-electron chi connectivity index (χ3n) is 2.72. The van der Waals surface area contributed by atoms with Crippen LogP contribution in [0, 0.1) is 0 Å². The van der Waals surface area contributed by atoms with Gasteiger partial charge in [0.15, 0.2) is 5.11 Å². The van der Waals surface area contributed by atoms with Gasteiger partial charge in [0, 0.05) is 25.3 Å². The maximum absolute atomic E-state index is 5.34. The largest absolute Gasteiger partial charge is 0.497 e. The van der Waals surface area contributed by atoms with Crippen LogP contribution in [0.3, 0.4) is 0 Å². The molecule has 0 amide bonds. The summed E-state index contributed by atoms with van der Waals surface area (Å²) in [6, 6.07) is 5.55. The van der Waals surface area contributed by atoms with E-state index in [-0.39, 0.29) is 0 Å². The Morgan fingerprint density at radius 2 is 2.00 bits per heavy atom. The summed E-state index contributed by atoms with van der Waals surface area (Å²) in [4.78, 5) is 0. The van der Waals surface area contributed by atoms with Crippen LogP contribution in [0.15, 0.2) is 23.3 Å². The van der Waals surface area contributed by atoms with Crippen molar-refractivity contribution in [2.24, 2.45) is 5.10 Å². The molecule has 1 aromatic rings. The molecule has 0 bridgehead atoms. The predicted molar refractivity (Wildman–Crippen MR) is 87.4 cm³/mol. The Labute approximate surface area is 130 Å². The van der Waals surface area contributed by atoms with Crippen LogP contribution in [0.25, 0.3) is 0 Å². The highest BCUT2D eigenvalue weighted by atomic mass is 32.1. The first-order valence-electron chi connectivity index (χ1n) is 6.41. The molecule has 0 unspecified atom stereocenters. The second-order valence-electron chi connectivity index (χ2n) is 4.12. The van der Waals surface area contributed by atoms with Crippen LogP contribution in [0.1, 0.15) is 12.5 Å². The Morgan fingerprint density at radius 1 is 1.24 bits per heavy atom. The number of nitrogens with zero attached hydrogens (tertiary/aromatic N) is 1. The van der Waals surface area contributed by atoms with Crippen LogP contribution < -0.4 is 20.2 Å². The van der Waals surface area contributed by atoms with Crippen molar-refractivity contribution in [1.29, 1.82) is 0 Å². The molecule has 0 aliphatic heterocycles. The van der Waals surface area contributed by atoms with Crippen molar-refractivity contribution in [2.45, 2.75) is 6.92 Å². The van der Waals surface area contributed by atoms with Crippen molar-refractivity contribution >= 4 is 23.0 Å². The Hall–Kier alpha value is -1.86. The summed E-state index contributed by atoms with van der Waals surface area (Å²) in [5, 5.41) is 7.66. The lowest BCUT2D eigenvalue weighted by atomic mass is 10.1. The molecule has 1 aromatic carbocycles. The topological polar surface area (TPSA) is 64.1 Å². The molecule has 0 spiro atoms. The van der Waals surface area contributed by atoms with Gasteiger partial charge in [0.05, 0.1) is 26.5 Å². The molecule has 0 saturated heterocycles. The summed E-state index contributed by atoms with van der Waals surface area (Å²) in [5.41, 5.74) is 4.41. The van der Waals surface area contributed by atoms with Crippen LogP contribution in [0.5, 0.6) is 11.5 Å². The quantitative estimate of drug-likeness (QED) is 0.345. The fraction of sp³-hybridized carbons (Fsp3) is 0.429. The lowest BCUT2D eigenvalue weighted by Gasteiger charge is -2.11. The predicted octanol–water partition coefficient (Wildman–Crippen LogP) is 1.54. The van der Waals surface area contributed by atoms with Gasteiger partial charge in [-0.15, -0.1) is 0 Å². The van der Waals surface area contributed by atoms with Gasteiger partial charge in [-0.05, 0) is 31.3 Å². The number of methoxy groups -OCH3 is 3. The molecule has 0 fully saturated rings. The van der Waals surface area contributed by atoms with Crippen molar-refractivity contribution in [1.82, 2.24) is 10.7 Å². The van der Waals surface area contributed by atoms with E-state index in [1.165, 1.54) is 0 Å². The van der Waals surface area contributed by atoms with Gasteiger partial charge in [-0.25, -0.2) is 0 Å². The minimum atomic E-state index is 0.443. The molecular formula is C14H21N3O3S. The molecule has 0 saturated carbocycles. The van der Waals surface area contributed by atoms with E-state index in [9.17, 15) is 0 Å². The zero-order valence-corrected chi connectivity index (χ0v) is 13.5. The van der Waals surface area contributed by atoms with E-state index < -0.39 is 0 Å². The third-order valence-corrected chi connectivity index (χ3v) is 2.95. The molecular weight excluding hydrogens is 290 g/mol. The molecule has 0 aromatic heterocycles. The zero-order chi connectivity index (χ0) is 15.7. The highest BCUT2D eigenvalue weighted by molar-refractivity contribution is 7.80. The van der Waals surface area contributed by atoms with Crippen LogP contribution in [0.2, 0.25) is 0 Å². The van der Waals surface area contributed by atoms with E-state index in [1.54, 1.807) is 21.3 Å². The maximum atomic E-state index is 5.34. The SMILES string of the molecule is COCCNC(=S)N/N=C(/C)c1ccc(OC)cc1OC. The molecule has 21 heavy (non-hydrogen) atoms. The van der Waals surface area contributed by atoms with Crippen LogP contribution >= 0.6 is 12.2 Å². The third kappa shape index (κ3) is 5.57. The first kappa shape index (κ1) is 17.2. The van der Waals surface area contributed by atoms with Crippen LogP contribution in [-0.2, 0) is 4.74 Å². The first-order valence-corrected chi connectivity index (χ1v) is 6.82. The fourth-order valence-electron chi connectivity index (χ4n) is 1.60. The first-order chi connectivity index (χ1) is 10.1. The highest BCUT2D eigenvalue weighted by Gasteiger charge is 2.08. The van der Waals surface area contributed by atoms with Gasteiger partial charge in [0.1, 0.15) is 11.5 Å². The average Bonchev–Trinajstić information content (AvgIpc) is 2.52. The van der Waals surface area contributed by atoms with E-state index >= 15 is 0 Å². The number of hydrogen-bond donors (Lipinski definition) is 2. The minimum absolute atomic E-state index is 0.443. The normalized spacial score (nSPS) is 11.0. The fourth-order valence-corrected chi connectivity index (χ4v) is 1.75. The van der Waals surface area contributed by atoms with Gasteiger partial charge >= 0.3 is 0 Å². The van der Waals surface area contributed by atoms with Crippen molar-refractivity contribution in [2.75, 3.05) is 34.5 Å². The summed E-state index contributed by atoms with van der Waals surface area (Å²) in [6.07, 6.45) is 0. The smallest absolute Gasteiger partial charge is 0.187 e. The summed E-state index contributed by atoms with van der Waals surface area (Å²) in [7, 11) is 4.85. The Kier molecular flexibility index (Phi) is 7.49. The van der Waals surface area contributed by atoms with Crippen molar-refractivity contribution in [3.63, 3.8) is 0 Å². The maximum Gasteiger partial charge on any atom is 0.187 e. The average molecular weight is 311 g/mol. The molecule has 0 aliphatic carbocycles. The summed E-state index contributed by atoms with van der Waals surface area (Å²) in [6.45, 7) is 3.08. The summed E-state index contributed by atoms with van der Waals surface area (Å²) >= 11 is 5.10. The number of hydrogen-bond acceptors (Lipinski definition) is 5. The molecule has 2 N–H and O–H groups in total. The standard InChI is InChI=1S/C14H21N3O3S/c1-10(16-17-14(21)15-7-8-18-2)12-6-5-11(19-3)9-13(12)20-4/h5-6,9H,7-8H2,1-4H3,(H2,15,17,21)/b16-10-. The van der Waals surface area contributed by atoms with Crippen molar-refractivity contribution in [3.8, 4) is 11.5 Å². The van der Waals surface area contributed by atoms with Crippen molar-refractivity contribution in [3.05, 3.63) is 23.8 Å². The number of hydrazone groups is 1. The summed E-state index contributed by atoms with van der Waals surface area (Å²) in [5.74, 6) is 1.42. The van der Waals surface area contributed by atoms with E-state index in [2.05, 4.69) is 15.8 Å². The molecule has 0 atom stereocenters. The molecule has 116 valence electrons. The van der Waals surface area contributed by atoms with Gasteiger partial charge in [-0.2, -0.15) is 5.10 Å². The zero-order valence-electron chi connectivity index (χ0n) is 12.7. The monoisotopic (exact) mass is 311 g/mol. The molecule has 7 heteroatoms. The highest BCUT2D eigenvalue weighted by Crippen LogP contribution is 2.24. The van der Waals surface area contributed by atoms with Crippen LogP contribution in [-0.4, -0.2) is 45.3 Å². The molecule has 1 rings (SSSR count). The van der Waals surface area contributed by atoms with Gasteiger partial charge in [0.25, 0.3) is 0 Å². The van der Waals surface area contributed by atoms with E-state index in [0.29, 0.717) is 24.0 Å². The number of nitrogens with one attached hydrogen (secondary N) is 2. The number of thiocarbonyl (C=S) groups is 1. The number of rotatable bonds is 7. The van der Waals surface area contributed by atoms with E-state index in [0.717, 1.165) is 17.0 Å². The van der Waals surface area contributed by atoms with Gasteiger partial charge in [0.2, 0.25) is 0 Å². The second-order valence-corrected chi connectivity index (χ2v) is 4.53. The molecule has 6 nitrogen and oxygen atoms in total. The van der Waals surface area contributed by atoms with Gasteiger partial charge in [-0.1, -0.05) is 0 Å². The minimum Gasteiger partial charge on any atom is -0.497 e. The molecule has 0 heterocycles. The van der Waals surface area contributed by atoms with Gasteiger partial charge in [-0.3, -0.25) is 5.43 Å². The lowest BCUT2D eigenvalue weighted by Crippen LogP contribution is -2.34. The second kappa shape index (κ2) is 9.15. The van der Waals surface area contributed by atoms with E-state index in [1.807, 2.05) is 25.1 Å². The van der Waals surface area contributed by atoms with Gasteiger partial charge < -0.3 is 19.5 Å². The van der Waals surface area contributed by atoms with Crippen LogP contribution in [0.4, 0.5) is 0 Å².